The van der Waals surface area contributed by atoms with E-state index in [2.05, 4.69) is 10.5 Å². The molecule has 1 aromatic heterocycles. The third kappa shape index (κ3) is 1.84. The zero-order valence-electron chi connectivity index (χ0n) is 9.98. The minimum Gasteiger partial charge on any atom is -0.361 e. The molecule has 5 heteroatoms. The molecule has 2 atom stereocenters. The molecular formula is C12H17N3O2. The minimum atomic E-state index is 0.0141. The first-order valence-electron chi connectivity index (χ1n) is 6.20. The van der Waals surface area contributed by atoms with Gasteiger partial charge < -0.3 is 14.7 Å². The van der Waals surface area contributed by atoms with Crippen LogP contribution in [0.4, 0.5) is 0 Å². The van der Waals surface area contributed by atoms with Crippen molar-refractivity contribution in [2.75, 3.05) is 19.6 Å². The van der Waals surface area contributed by atoms with Crippen molar-refractivity contribution in [3.05, 3.63) is 17.5 Å². The van der Waals surface area contributed by atoms with Crippen LogP contribution in [0.2, 0.25) is 0 Å². The van der Waals surface area contributed by atoms with E-state index in [0.717, 1.165) is 26.1 Å². The van der Waals surface area contributed by atoms with Crippen molar-refractivity contribution < 1.29 is 9.32 Å². The van der Waals surface area contributed by atoms with Gasteiger partial charge in [0.15, 0.2) is 5.69 Å². The third-order valence-corrected chi connectivity index (χ3v) is 3.79. The van der Waals surface area contributed by atoms with E-state index < -0.39 is 0 Å². The lowest BCUT2D eigenvalue weighted by molar-refractivity contribution is 0.0564. The van der Waals surface area contributed by atoms with Crippen molar-refractivity contribution in [2.45, 2.75) is 25.8 Å². The van der Waals surface area contributed by atoms with E-state index in [1.165, 1.54) is 6.42 Å². The van der Waals surface area contributed by atoms with Gasteiger partial charge in [-0.25, -0.2) is 0 Å². The number of carbonyl (C=O) groups excluding carboxylic acids is 1. The third-order valence-electron chi connectivity index (χ3n) is 3.79. The van der Waals surface area contributed by atoms with Crippen molar-refractivity contribution in [3.8, 4) is 0 Å². The molecule has 3 rings (SSSR count). The molecule has 1 amide bonds. The molecule has 1 aromatic rings. The maximum Gasteiger partial charge on any atom is 0.276 e. The highest BCUT2D eigenvalue weighted by Gasteiger charge is 2.38. The summed E-state index contributed by atoms with van der Waals surface area (Å²) in [7, 11) is 0. The van der Waals surface area contributed by atoms with E-state index in [4.69, 9.17) is 4.52 Å². The van der Waals surface area contributed by atoms with Crippen LogP contribution >= 0.6 is 0 Å². The number of nitrogens with one attached hydrogen (secondary N) is 1. The van der Waals surface area contributed by atoms with Crippen molar-refractivity contribution in [1.29, 1.82) is 0 Å². The average Bonchev–Trinajstić information content (AvgIpc) is 2.95. The van der Waals surface area contributed by atoms with Gasteiger partial charge in [-0.05, 0) is 25.7 Å². The molecule has 5 nitrogen and oxygen atoms in total. The lowest BCUT2D eigenvalue weighted by Gasteiger charge is -2.36. The van der Waals surface area contributed by atoms with Gasteiger partial charge in [0.2, 0.25) is 0 Å². The Morgan fingerprint density at radius 1 is 1.59 bits per heavy atom. The second-order valence-electron chi connectivity index (χ2n) is 4.95. The monoisotopic (exact) mass is 235 g/mol. The Labute approximate surface area is 100 Å². The van der Waals surface area contributed by atoms with Gasteiger partial charge in [0.1, 0.15) is 5.76 Å². The molecule has 0 radical (unpaired) electrons. The number of hydrogen-bond acceptors (Lipinski definition) is 4. The van der Waals surface area contributed by atoms with Crippen molar-refractivity contribution in [3.63, 3.8) is 0 Å². The largest absolute Gasteiger partial charge is 0.361 e. The van der Waals surface area contributed by atoms with Crippen LogP contribution in [0.5, 0.6) is 0 Å². The number of rotatable bonds is 1. The second-order valence-corrected chi connectivity index (χ2v) is 4.95. The summed E-state index contributed by atoms with van der Waals surface area (Å²) < 4.78 is 4.97. The Kier molecular flexibility index (Phi) is 2.63. The van der Waals surface area contributed by atoms with E-state index in [1.807, 2.05) is 4.90 Å². The fourth-order valence-electron chi connectivity index (χ4n) is 2.93. The van der Waals surface area contributed by atoms with Crippen LogP contribution in [-0.2, 0) is 0 Å². The van der Waals surface area contributed by atoms with Crippen LogP contribution in [0, 0.1) is 12.8 Å². The summed E-state index contributed by atoms with van der Waals surface area (Å²) in [6.07, 6.45) is 2.31. The molecule has 0 aromatic carbocycles. The Balaban J connectivity index is 1.81. The molecule has 2 saturated heterocycles. The van der Waals surface area contributed by atoms with Crippen LogP contribution in [0.3, 0.4) is 0 Å². The van der Waals surface area contributed by atoms with Crippen molar-refractivity contribution in [2.24, 2.45) is 5.92 Å². The number of aromatic nitrogens is 1. The molecule has 92 valence electrons. The summed E-state index contributed by atoms with van der Waals surface area (Å²) in [5.74, 6) is 1.31. The number of hydrogen-bond donors (Lipinski definition) is 1. The first-order chi connectivity index (χ1) is 8.25. The molecule has 2 aliphatic rings. The Bertz CT molecular complexity index is 429. The van der Waals surface area contributed by atoms with Crippen LogP contribution < -0.4 is 5.32 Å². The molecule has 0 spiro atoms. The van der Waals surface area contributed by atoms with Crippen LogP contribution in [0.1, 0.15) is 29.1 Å². The molecule has 17 heavy (non-hydrogen) atoms. The van der Waals surface area contributed by atoms with E-state index >= 15 is 0 Å². The predicted molar refractivity (Wildman–Crippen MR) is 61.7 cm³/mol. The van der Waals surface area contributed by atoms with E-state index in [9.17, 15) is 4.79 Å². The fourth-order valence-corrected chi connectivity index (χ4v) is 2.93. The van der Waals surface area contributed by atoms with E-state index in [1.54, 1.807) is 13.0 Å². The van der Waals surface area contributed by atoms with Crippen molar-refractivity contribution >= 4 is 5.91 Å². The molecule has 2 unspecified atom stereocenters. The highest BCUT2D eigenvalue weighted by Crippen LogP contribution is 2.27. The molecule has 3 heterocycles. The fraction of sp³-hybridized carbons (Fsp3) is 0.667. The number of aryl methyl sites for hydroxylation is 1. The van der Waals surface area contributed by atoms with Gasteiger partial charge in [-0.15, -0.1) is 0 Å². The standard InChI is InChI=1S/C12H17N3O2/c1-8-5-10(14-17-8)12(16)15-4-2-3-9-6-13-7-11(9)15/h5,9,11,13H,2-4,6-7H2,1H3. The molecule has 0 aliphatic carbocycles. The summed E-state index contributed by atoms with van der Waals surface area (Å²) in [6, 6.07) is 2.06. The number of likely N-dealkylation sites (tertiary alicyclic amines) is 1. The lowest BCUT2D eigenvalue weighted by Crippen LogP contribution is -2.48. The second kappa shape index (κ2) is 4.14. The molecule has 1 N–H and O–H groups in total. The first-order valence-corrected chi connectivity index (χ1v) is 6.20. The van der Waals surface area contributed by atoms with Gasteiger partial charge >= 0.3 is 0 Å². The minimum absolute atomic E-state index is 0.0141. The van der Waals surface area contributed by atoms with Gasteiger partial charge in [-0.1, -0.05) is 5.16 Å². The molecule has 0 bridgehead atoms. The summed E-state index contributed by atoms with van der Waals surface area (Å²) >= 11 is 0. The maximum atomic E-state index is 12.3. The van der Waals surface area contributed by atoms with Gasteiger partial charge in [-0.3, -0.25) is 4.79 Å². The Morgan fingerprint density at radius 3 is 3.24 bits per heavy atom. The highest BCUT2D eigenvalue weighted by atomic mass is 16.5. The predicted octanol–water partition coefficient (Wildman–Crippen LogP) is 0.807. The number of amides is 1. The number of carbonyl (C=O) groups is 1. The van der Waals surface area contributed by atoms with E-state index in [0.29, 0.717) is 23.4 Å². The quantitative estimate of drug-likeness (QED) is 0.782. The topological polar surface area (TPSA) is 58.4 Å². The van der Waals surface area contributed by atoms with Gasteiger partial charge in [0, 0.05) is 31.7 Å². The number of piperidine rings is 1. The highest BCUT2D eigenvalue weighted by molar-refractivity contribution is 5.92. The van der Waals surface area contributed by atoms with Crippen molar-refractivity contribution in [1.82, 2.24) is 15.4 Å². The smallest absolute Gasteiger partial charge is 0.276 e. The lowest BCUT2D eigenvalue weighted by atomic mass is 9.92. The zero-order chi connectivity index (χ0) is 11.8. The number of nitrogens with zero attached hydrogens (tertiary/aromatic N) is 2. The zero-order valence-corrected chi connectivity index (χ0v) is 9.98. The molecule has 0 saturated carbocycles. The SMILES string of the molecule is Cc1cc(C(=O)N2CCCC3CNCC32)no1. The maximum absolute atomic E-state index is 12.3. The summed E-state index contributed by atoms with van der Waals surface area (Å²) in [4.78, 5) is 14.3. The summed E-state index contributed by atoms with van der Waals surface area (Å²) in [5, 5.41) is 7.19. The van der Waals surface area contributed by atoms with Gasteiger partial charge in [0.05, 0.1) is 0 Å². The molecule has 2 aliphatic heterocycles. The van der Waals surface area contributed by atoms with Crippen LogP contribution in [0.15, 0.2) is 10.6 Å². The Morgan fingerprint density at radius 2 is 2.47 bits per heavy atom. The molecule has 2 fully saturated rings. The molecular weight excluding hydrogens is 218 g/mol. The van der Waals surface area contributed by atoms with Gasteiger partial charge in [-0.2, -0.15) is 0 Å². The Hall–Kier alpha value is -1.36. The number of fused-ring (bicyclic) bond motifs is 1. The normalized spacial score (nSPS) is 28.2. The first kappa shape index (κ1) is 10.8. The van der Waals surface area contributed by atoms with Crippen LogP contribution in [0.25, 0.3) is 0 Å². The summed E-state index contributed by atoms with van der Waals surface area (Å²) in [5.41, 5.74) is 0.440. The summed E-state index contributed by atoms with van der Waals surface area (Å²) in [6.45, 7) is 4.59. The van der Waals surface area contributed by atoms with Crippen LogP contribution in [-0.4, -0.2) is 41.6 Å². The average molecular weight is 235 g/mol. The van der Waals surface area contributed by atoms with Gasteiger partial charge in [0.25, 0.3) is 5.91 Å². The van der Waals surface area contributed by atoms with E-state index in [-0.39, 0.29) is 5.91 Å².